The topological polar surface area (TPSA) is 110 Å². The van der Waals surface area contributed by atoms with Crippen LogP contribution in [0.15, 0.2) is 54.6 Å². The second-order valence-electron chi connectivity index (χ2n) is 9.06. The van der Waals surface area contributed by atoms with Crippen LogP contribution in [0.1, 0.15) is 45.2 Å². The molecule has 0 unspecified atom stereocenters. The number of aliphatic hydroxyl groups is 1. The molecule has 0 aliphatic carbocycles. The summed E-state index contributed by atoms with van der Waals surface area (Å²) in [6.07, 6.45) is -3.97. The Morgan fingerprint density at radius 2 is 1.73 bits per heavy atom. The number of carbonyl (C=O) groups excluding carboxylic acids is 2. The zero-order valence-corrected chi connectivity index (χ0v) is 23.7. The number of carbonyl (C=O) groups is 2. The molecule has 0 fully saturated rings. The molecule has 2 amide bonds. The van der Waals surface area contributed by atoms with E-state index in [2.05, 4.69) is 20.6 Å². The van der Waals surface area contributed by atoms with E-state index in [0.717, 1.165) is 18.6 Å². The van der Waals surface area contributed by atoms with Gasteiger partial charge in [-0.1, -0.05) is 36.7 Å². The highest BCUT2D eigenvalue weighted by Crippen LogP contribution is 2.33. The zero-order chi connectivity index (χ0) is 29.0. The molecule has 1 heterocycles. The number of fused-ring (bicyclic) bond motifs is 1. The number of imidazole rings is 1. The highest BCUT2D eigenvalue weighted by Gasteiger charge is 2.35. The molecule has 0 saturated carbocycles. The van der Waals surface area contributed by atoms with Gasteiger partial charge in [0.05, 0.1) is 28.8 Å². The van der Waals surface area contributed by atoms with Gasteiger partial charge in [0.2, 0.25) is 5.95 Å². The van der Waals surface area contributed by atoms with Crippen molar-refractivity contribution in [1.82, 2.24) is 9.97 Å². The van der Waals surface area contributed by atoms with Crippen LogP contribution in [0.2, 0.25) is 5.02 Å². The van der Waals surface area contributed by atoms with Gasteiger partial charge in [-0.2, -0.15) is 13.2 Å². The minimum absolute atomic E-state index is 0. The van der Waals surface area contributed by atoms with Crippen LogP contribution in [-0.2, 0) is 6.18 Å². The molecule has 4 aromatic rings. The number of H-pyrrole nitrogens is 1. The second-order valence-corrected chi connectivity index (χ2v) is 9.46. The standard InChI is InChI=1S/C28H27ClF3N5O3.ClH/c1-3-11-37(12-13-38)27-35-23-15-17(33-25(39)18-7-4-5-8-20(18)28(30,31)32)14-19(24(23)36-27)26(40)34-22-10-6-9-21(29)16(22)2;/h4-10,14-15,38H,3,11-13H2,1-2H3,(H,33,39)(H,34,40)(H,35,36);1H. The molecular weight excluding hydrogens is 582 g/mol. The second kappa shape index (κ2) is 13.2. The number of benzene rings is 3. The number of amides is 2. The molecule has 218 valence electrons. The summed E-state index contributed by atoms with van der Waals surface area (Å²) in [5, 5.41) is 15.2. The number of alkyl halides is 3. The third-order valence-corrected chi connectivity index (χ3v) is 6.64. The highest BCUT2D eigenvalue weighted by molar-refractivity contribution is 6.31. The summed E-state index contributed by atoms with van der Waals surface area (Å²) in [4.78, 5) is 36.0. The lowest BCUT2D eigenvalue weighted by Crippen LogP contribution is -2.28. The maximum Gasteiger partial charge on any atom is 0.417 e. The molecule has 0 aliphatic rings. The van der Waals surface area contributed by atoms with E-state index in [1.54, 1.807) is 30.0 Å². The van der Waals surface area contributed by atoms with Crippen LogP contribution in [0.3, 0.4) is 0 Å². The largest absolute Gasteiger partial charge is 0.417 e. The van der Waals surface area contributed by atoms with E-state index in [4.69, 9.17) is 11.6 Å². The van der Waals surface area contributed by atoms with Crippen molar-refractivity contribution >= 4 is 64.2 Å². The van der Waals surface area contributed by atoms with Gasteiger partial charge < -0.3 is 25.6 Å². The predicted octanol–water partition coefficient (Wildman–Crippen LogP) is 6.68. The van der Waals surface area contributed by atoms with Gasteiger partial charge >= 0.3 is 6.18 Å². The number of hydrogen-bond acceptors (Lipinski definition) is 5. The summed E-state index contributed by atoms with van der Waals surface area (Å²) < 4.78 is 40.6. The summed E-state index contributed by atoms with van der Waals surface area (Å²) in [5.74, 6) is -1.16. The number of aliphatic hydroxyl groups excluding tert-OH is 1. The molecule has 0 bridgehead atoms. The van der Waals surface area contributed by atoms with Gasteiger partial charge in [0.25, 0.3) is 11.8 Å². The monoisotopic (exact) mass is 609 g/mol. The number of hydrogen-bond donors (Lipinski definition) is 4. The molecule has 4 rings (SSSR count). The number of anilines is 3. The maximum atomic E-state index is 13.5. The Bertz CT molecular complexity index is 1550. The summed E-state index contributed by atoms with van der Waals surface area (Å²) in [7, 11) is 0. The summed E-state index contributed by atoms with van der Waals surface area (Å²) in [6.45, 7) is 4.44. The first-order valence-electron chi connectivity index (χ1n) is 12.5. The Morgan fingerprint density at radius 1 is 1.02 bits per heavy atom. The molecule has 0 spiro atoms. The number of nitrogens with one attached hydrogen (secondary N) is 3. The average Bonchev–Trinajstić information content (AvgIpc) is 3.34. The van der Waals surface area contributed by atoms with E-state index in [-0.39, 0.29) is 42.3 Å². The maximum absolute atomic E-state index is 13.5. The minimum Gasteiger partial charge on any atom is -0.395 e. The third-order valence-electron chi connectivity index (χ3n) is 6.23. The van der Waals surface area contributed by atoms with Crippen LogP contribution in [0.25, 0.3) is 11.0 Å². The molecule has 1 aromatic heterocycles. The fourth-order valence-corrected chi connectivity index (χ4v) is 4.45. The van der Waals surface area contributed by atoms with Crippen molar-refractivity contribution in [2.24, 2.45) is 0 Å². The van der Waals surface area contributed by atoms with Crippen molar-refractivity contribution in [3.63, 3.8) is 0 Å². The first-order valence-corrected chi connectivity index (χ1v) is 12.8. The molecule has 13 heteroatoms. The van der Waals surface area contributed by atoms with Crippen molar-refractivity contribution in [2.45, 2.75) is 26.4 Å². The smallest absolute Gasteiger partial charge is 0.395 e. The Kier molecular flexibility index (Phi) is 10.2. The van der Waals surface area contributed by atoms with Crippen LogP contribution >= 0.6 is 24.0 Å². The molecule has 4 N–H and O–H groups in total. The molecule has 8 nitrogen and oxygen atoms in total. The lowest BCUT2D eigenvalue weighted by Gasteiger charge is -2.19. The highest BCUT2D eigenvalue weighted by atomic mass is 35.5. The van der Waals surface area contributed by atoms with Crippen LogP contribution in [0.4, 0.5) is 30.5 Å². The van der Waals surface area contributed by atoms with E-state index < -0.39 is 29.1 Å². The molecule has 0 saturated heterocycles. The van der Waals surface area contributed by atoms with Gasteiger partial charge in [0.1, 0.15) is 5.52 Å². The van der Waals surface area contributed by atoms with Gasteiger partial charge in [-0.3, -0.25) is 9.59 Å². The SMILES string of the molecule is CCCN(CCO)c1nc2c(C(=O)Nc3cccc(Cl)c3C)cc(NC(=O)c3ccccc3C(F)(F)F)cc2[nH]1.Cl. The number of aromatic nitrogens is 2. The van der Waals surface area contributed by atoms with Gasteiger partial charge in [-0.05, 0) is 55.3 Å². The fourth-order valence-electron chi connectivity index (χ4n) is 4.27. The van der Waals surface area contributed by atoms with Gasteiger partial charge in [-0.15, -0.1) is 12.4 Å². The van der Waals surface area contributed by atoms with Gasteiger partial charge in [-0.25, -0.2) is 4.98 Å². The van der Waals surface area contributed by atoms with E-state index in [1.807, 2.05) is 6.92 Å². The lowest BCUT2D eigenvalue weighted by atomic mass is 10.1. The quantitative estimate of drug-likeness (QED) is 0.169. The normalized spacial score (nSPS) is 11.2. The average molecular weight is 610 g/mol. The van der Waals surface area contributed by atoms with Crippen molar-refractivity contribution in [3.8, 4) is 0 Å². The first kappa shape index (κ1) is 31.7. The lowest BCUT2D eigenvalue weighted by molar-refractivity contribution is -0.137. The van der Waals surface area contributed by atoms with Crippen LogP contribution in [0, 0.1) is 6.92 Å². The van der Waals surface area contributed by atoms with E-state index >= 15 is 0 Å². The van der Waals surface area contributed by atoms with E-state index in [9.17, 15) is 27.9 Å². The van der Waals surface area contributed by atoms with E-state index in [0.29, 0.717) is 34.3 Å². The Balaban J connectivity index is 0.00000462. The molecule has 0 radical (unpaired) electrons. The Hall–Kier alpha value is -3.80. The third kappa shape index (κ3) is 7.10. The number of nitrogens with zero attached hydrogens (tertiary/aromatic N) is 2. The zero-order valence-electron chi connectivity index (χ0n) is 22.1. The van der Waals surface area contributed by atoms with Crippen molar-refractivity contribution in [1.29, 1.82) is 0 Å². The molecular formula is C28H28Cl2F3N5O3. The minimum atomic E-state index is -4.73. The van der Waals surface area contributed by atoms with Crippen LogP contribution < -0.4 is 15.5 Å². The predicted molar refractivity (Wildman–Crippen MR) is 156 cm³/mol. The first-order chi connectivity index (χ1) is 19.0. The Morgan fingerprint density at radius 3 is 2.41 bits per heavy atom. The molecule has 0 atom stereocenters. The summed E-state index contributed by atoms with van der Waals surface area (Å²) >= 11 is 6.20. The van der Waals surface area contributed by atoms with Crippen molar-refractivity contribution < 1.29 is 27.9 Å². The van der Waals surface area contributed by atoms with Gasteiger partial charge in [0, 0.05) is 29.5 Å². The molecule has 0 aliphatic heterocycles. The molecule has 41 heavy (non-hydrogen) atoms. The van der Waals surface area contributed by atoms with Gasteiger partial charge in [0.15, 0.2) is 0 Å². The van der Waals surface area contributed by atoms with E-state index in [1.165, 1.54) is 24.3 Å². The fraction of sp³-hybridized carbons (Fsp3) is 0.250. The number of aromatic amines is 1. The summed E-state index contributed by atoms with van der Waals surface area (Å²) in [6, 6.07) is 12.3. The number of rotatable bonds is 9. The van der Waals surface area contributed by atoms with Crippen molar-refractivity contribution in [2.75, 3.05) is 35.2 Å². The van der Waals surface area contributed by atoms with Crippen molar-refractivity contribution in [3.05, 3.63) is 81.9 Å². The van der Waals surface area contributed by atoms with Crippen LogP contribution in [0.5, 0.6) is 0 Å². The van der Waals surface area contributed by atoms with Crippen LogP contribution in [-0.4, -0.2) is 46.6 Å². The molecule has 3 aromatic carbocycles. The summed E-state index contributed by atoms with van der Waals surface area (Å²) in [5.41, 5.74) is 0.263. The Labute approximate surface area is 245 Å². The number of halogens is 5.